The highest BCUT2D eigenvalue weighted by molar-refractivity contribution is 5.97. The number of allylic oxidation sites excluding steroid dienone is 8. The Balaban J connectivity index is 2.29. The molecular weight excluding hydrogens is 298 g/mol. The molecule has 0 aliphatic heterocycles. The molecule has 2 rings (SSSR count). The van der Waals surface area contributed by atoms with E-state index >= 15 is 0 Å². The summed E-state index contributed by atoms with van der Waals surface area (Å²) < 4.78 is 5.88. The highest BCUT2D eigenvalue weighted by atomic mass is 16.3. The van der Waals surface area contributed by atoms with Gasteiger partial charge in [0.25, 0.3) is 0 Å². The number of primary amides is 1. The fourth-order valence-electron chi connectivity index (χ4n) is 2.25. The van der Waals surface area contributed by atoms with Crippen molar-refractivity contribution in [3.63, 3.8) is 0 Å². The Kier molecular flexibility index (Phi) is 6.15. The van der Waals surface area contributed by atoms with Crippen molar-refractivity contribution < 1.29 is 9.21 Å². The van der Waals surface area contributed by atoms with Crippen LogP contribution in [0.25, 0.3) is 16.5 Å². The minimum absolute atomic E-state index is 0.448. The van der Waals surface area contributed by atoms with Crippen LogP contribution in [0.3, 0.4) is 0 Å². The lowest BCUT2D eigenvalue weighted by atomic mass is 10.1. The van der Waals surface area contributed by atoms with Crippen molar-refractivity contribution in [2.75, 3.05) is 0 Å². The molecule has 0 spiro atoms. The Morgan fingerprint density at radius 2 is 1.96 bits per heavy atom. The van der Waals surface area contributed by atoms with Gasteiger partial charge in [0.05, 0.1) is 0 Å². The maximum atomic E-state index is 11.3. The Hall–Kier alpha value is -3.07. The zero-order valence-electron chi connectivity index (χ0n) is 13.6. The van der Waals surface area contributed by atoms with Gasteiger partial charge in [-0.1, -0.05) is 42.5 Å². The molecule has 0 saturated heterocycles. The lowest BCUT2D eigenvalue weighted by Gasteiger charge is -1.98. The van der Waals surface area contributed by atoms with Crippen LogP contribution in [0.2, 0.25) is 0 Å². The SMILES string of the molecule is C=CC/C=C/C=C/C=C(/CC=C)c1cc2cc(C(N)=O)ccc2o1. The number of carbonyl (C=O) groups is 1. The van der Waals surface area contributed by atoms with Crippen LogP contribution in [-0.2, 0) is 0 Å². The van der Waals surface area contributed by atoms with Crippen molar-refractivity contribution >= 4 is 22.4 Å². The first-order valence-electron chi connectivity index (χ1n) is 7.73. The van der Waals surface area contributed by atoms with Crippen LogP contribution in [0.4, 0.5) is 0 Å². The summed E-state index contributed by atoms with van der Waals surface area (Å²) in [6.45, 7) is 7.46. The van der Waals surface area contributed by atoms with Crippen molar-refractivity contribution in [3.05, 3.63) is 91.3 Å². The first kappa shape index (κ1) is 17.3. The van der Waals surface area contributed by atoms with Crippen LogP contribution in [0, 0.1) is 0 Å². The number of nitrogens with two attached hydrogens (primary N) is 1. The van der Waals surface area contributed by atoms with Gasteiger partial charge >= 0.3 is 0 Å². The van der Waals surface area contributed by atoms with Gasteiger partial charge < -0.3 is 10.2 Å². The molecule has 1 heterocycles. The molecule has 0 atom stereocenters. The van der Waals surface area contributed by atoms with Gasteiger partial charge in [0.1, 0.15) is 11.3 Å². The molecule has 0 aliphatic carbocycles. The summed E-state index contributed by atoms with van der Waals surface area (Å²) in [6.07, 6.45) is 15.1. The van der Waals surface area contributed by atoms with Crippen LogP contribution in [0.5, 0.6) is 0 Å². The van der Waals surface area contributed by atoms with E-state index in [0.29, 0.717) is 12.0 Å². The van der Waals surface area contributed by atoms with E-state index in [-0.39, 0.29) is 0 Å². The molecule has 0 unspecified atom stereocenters. The summed E-state index contributed by atoms with van der Waals surface area (Å²) in [5, 5.41) is 0.853. The highest BCUT2D eigenvalue weighted by Gasteiger charge is 2.09. The van der Waals surface area contributed by atoms with Crippen molar-refractivity contribution in [3.8, 4) is 0 Å². The van der Waals surface area contributed by atoms with Gasteiger partial charge in [0.2, 0.25) is 5.91 Å². The summed E-state index contributed by atoms with van der Waals surface area (Å²) in [5.41, 5.74) is 7.52. The summed E-state index contributed by atoms with van der Waals surface area (Å²) in [4.78, 5) is 11.3. The van der Waals surface area contributed by atoms with E-state index in [1.54, 1.807) is 18.2 Å². The fraction of sp³-hybridized carbons (Fsp3) is 0.0952. The molecule has 0 bridgehead atoms. The minimum Gasteiger partial charge on any atom is -0.456 e. The maximum Gasteiger partial charge on any atom is 0.248 e. The van der Waals surface area contributed by atoms with Gasteiger partial charge in [-0.3, -0.25) is 4.79 Å². The van der Waals surface area contributed by atoms with Crippen molar-refractivity contribution in [1.82, 2.24) is 0 Å². The molecule has 122 valence electrons. The Bertz CT molecular complexity index is 835. The number of hydrogen-bond donors (Lipinski definition) is 1. The van der Waals surface area contributed by atoms with E-state index in [1.165, 1.54) is 0 Å². The standard InChI is InChI=1S/C21H21NO2/c1-3-5-6-7-8-9-11-16(10-4-2)20-15-18-14-17(21(22)23)12-13-19(18)24-20/h3-4,6-9,11-15H,1-2,5,10H2,(H2,22,23)/b7-6+,9-8+,16-11-. The predicted molar refractivity (Wildman–Crippen MR) is 101 cm³/mol. The molecule has 24 heavy (non-hydrogen) atoms. The van der Waals surface area contributed by atoms with E-state index < -0.39 is 5.91 Å². The predicted octanol–water partition coefficient (Wildman–Crippen LogP) is 5.18. The second-order valence-corrected chi connectivity index (χ2v) is 5.25. The molecule has 2 N–H and O–H groups in total. The van der Waals surface area contributed by atoms with Gasteiger partial charge in [-0.15, -0.1) is 13.2 Å². The van der Waals surface area contributed by atoms with Crippen LogP contribution >= 0.6 is 0 Å². The van der Waals surface area contributed by atoms with Crippen molar-refractivity contribution in [2.24, 2.45) is 5.73 Å². The molecule has 0 fully saturated rings. The quantitative estimate of drug-likeness (QED) is 0.538. The number of benzene rings is 1. The second kappa shape index (κ2) is 8.53. The van der Waals surface area contributed by atoms with Gasteiger partial charge in [-0.25, -0.2) is 0 Å². The number of amides is 1. The summed E-state index contributed by atoms with van der Waals surface area (Å²) in [6, 6.07) is 7.08. The minimum atomic E-state index is -0.448. The molecule has 1 aromatic heterocycles. The number of carbonyl (C=O) groups excluding carboxylic acids is 1. The molecule has 0 saturated carbocycles. The van der Waals surface area contributed by atoms with Crippen LogP contribution in [-0.4, -0.2) is 5.91 Å². The number of hydrogen-bond acceptors (Lipinski definition) is 2. The average Bonchev–Trinajstić information content (AvgIpc) is 2.99. The number of rotatable bonds is 8. The third-order valence-electron chi connectivity index (χ3n) is 3.44. The van der Waals surface area contributed by atoms with E-state index in [2.05, 4.69) is 13.2 Å². The zero-order chi connectivity index (χ0) is 17.4. The third kappa shape index (κ3) is 4.46. The molecule has 0 radical (unpaired) electrons. The van der Waals surface area contributed by atoms with Gasteiger partial charge in [-0.05, 0) is 42.7 Å². The second-order valence-electron chi connectivity index (χ2n) is 5.25. The smallest absolute Gasteiger partial charge is 0.248 e. The highest BCUT2D eigenvalue weighted by Crippen LogP contribution is 2.27. The number of furan rings is 1. The monoisotopic (exact) mass is 319 g/mol. The molecule has 1 amide bonds. The molecular formula is C21H21NO2. The molecule has 3 nitrogen and oxygen atoms in total. The fourth-order valence-corrected chi connectivity index (χ4v) is 2.25. The van der Waals surface area contributed by atoms with Crippen molar-refractivity contribution in [2.45, 2.75) is 12.8 Å². The van der Waals surface area contributed by atoms with Gasteiger partial charge in [0, 0.05) is 10.9 Å². The first-order valence-corrected chi connectivity index (χ1v) is 7.73. The average molecular weight is 319 g/mol. The molecule has 3 heteroatoms. The van der Waals surface area contributed by atoms with Gasteiger partial charge in [0.15, 0.2) is 0 Å². The van der Waals surface area contributed by atoms with Gasteiger partial charge in [-0.2, -0.15) is 0 Å². The van der Waals surface area contributed by atoms with Crippen molar-refractivity contribution in [1.29, 1.82) is 0 Å². The lowest BCUT2D eigenvalue weighted by Crippen LogP contribution is -2.10. The normalized spacial score (nSPS) is 12.2. The summed E-state index contributed by atoms with van der Waals surface area (Å²) >= 11 is 0. The number of fused-ring (bicyclic) bond motifs is 1. The van der Waals surface area contributed by atoms with Crippen LogP contribution < -0.4 is 5.73 Å². The Morgan fingerprint density at radius 3 is 2.67 bits per heavy atom. The van der Waals surface area contributed by atoms with E-state index in [9.17, 15) is 4.79 Å². The van der Waals surface area contributed by atoms with Crippen LogP contribution in [0.1, 0.15) is 29.0 Å². The summed E-state index contributed by atoms with van der Waals surface area (Å²) in [7, 11) is 0. The largest absolute Gasteiger partial charge is 0.456 e. The Morgan fingerprint density at radius 1 is 1.12 bits per heavy atom. The molecule has 0 aliphatic rings. The molecule has 1 aromatic carbocycles. The first-order chi connectivity index (χ1) is 11.7. The third-order valence-corrected chi connectivity index (χ3v) is 3.44. The topological polar surface area (TPSA) is 56.2 Å². The molecule has 2 aromatic rings. The van der Waals surface area contributed by atoms with E-state index in [1.807, 2.05) is 48.6 Å². The summed E-state index contributed by atoms with van der Waals surface area (Å²) in [5.74, 6) is 0.307. The van der Waals surface area contributed by atoms with Crippen LogP contribution in [0.15, 0.2) is 84.4 Å². The Labute approximate surface area is 142 Å². The lowest BCUT2D eigenvalue weighted by molar-refractivity contribution is 0.100. The van der Waals surface area contributed by atoms with E-state index in [0.717, 1.165) is 28.7 Å². The maximum absolute atomic E-state index is 11.3. The zero-order valence-corrected chi connectivity index (χ0v) is 13.6. The van der Waals surface area contributed by atoms with E-state index in [4.69, 9.17) is 10.2 Å².